The SMILES string of the molecule is CCC(NCCCNC(=O)OC(C)(C)C)c1nc2nn(C)c(C)c2c(=O)n1Cc1ccccc1. The Balaban J connectivity index is 1.79. The van der Waals surface area contributed by atoms with Crippen LogP contribution >= 0.6 is 0 Å². The van der Waals surface area contributed by atoms with Crippen LogP contribution < -0.4 is 16.2 Å². The van der Waals surface area contributed by atoms with Gasteiger partial charge in [-0.3, -0.25) is 14.0 Å². The topological polar surface area (TPSA) is 103 Å². The van der Waals surface area contributed by atoms with E-state index in [2.05, 4.69) is 22.7 Å². The summed E-state index contributed by atoms with van der Waals surface area (Å²) in [7, 11) is 1.82. The van der Waals surface area contributed by atoms with Gasteiger partial charge in [-0.05, 0) is 52.6 Å². The Morgan fingerprint density at radius 2 is 1.88 bits per heavy atom. The molecule has 2 aromatic heterocycles. The molecule has 0 saturated heterocycles. The second kappa shape index (κ2) is 10.8. The molecule has 0 bridgehead atoms. The molecule has 9 nitrogen and oxygen atoms in total. The zero-order valence-electron chi connectivity index (χ0n) is 21.0. The van der Waals surface area contributed by atoms with Gasteiger partial charge in [0, 0.05) is 13.6 Å². The number of aryl methyl sites for hydroxylation is 2. The standard InChI is InChI=1S/C25H36N6O3/c1-7-19(26-14-11-15-27-24(33)34-25(3,4)5)22-28-21-20(17(2)30(6)29-21)23(32)31(22)16-18-12-9-8-10-13-18/h8-10,12-13,19,26H,7,11,14-16H2,1-6H3,(H,27,33). The first kappa shape index (κ1) is 25.4. The average molecular weight is 469 g/mol. The molecule has 1 unspecified atom stereocenters. The summed E-state index contributed by atoms with van der Waals surface area (Å²) < 4.78 is 8.72. The van der Waals surface area contributed by atoms with Crippen molar-refractivity contribution in [2.75, 3.05) is 13.1 Å². The summed E-state index contributed by atoms with van der Waals surface area (Å²) in [4.78, 5) is 30.2. The van der Waals surface area contributed by atoms with E-state index in [4.69, 9.17) is 9.72 Å². The molecular weight excluding hydrogens is 432 g/mol. The predicted molar refractivity (Wildman–Crippen MR) is 133 cm³/mol. The van der Waals surface area contributed by atoms with Crippen molar-refractivity contribution in [1.29, 1.82) is 0 Å². The number of hydrogen-bond donors (Lipinski definition) is 2. The second-order valence-corrected chi connectivity index (χ2v) is 9.45. The number of fused-ring (bicyclic) bond motifs is 1. The first-order valence-corrected chi connectivity index (χ1v) is 11.8. The van der Waals surface area contributed by atoms with Crippen molar-refractivity contribution in [2.45, 2.75) is 65.6 Å². The first-order chi connectivity index (χ1) is 16.1. The fraction of sp³-hybridized carbons (Fsp3) is 0.520. The number of carbonyl (C=O) groups excluding carboxylic acids is 1. The predicted octanol–water partition coefficient (Wildman–Crippen LogP) is 3.44. The lowest BCUT2D eigenvalue weighted by Crippen LogP contribution is -2.35. The largest absolute Gasteiger partial charge is 0.444 e. The summed E-state index contributed by atoms with van der Waals surface area (Å²) in [5, 5.41) is 11.3. The molecule has 3 aromatic rings. The third-order valence-electron chi connectivity index (χ3n) is 5.59. The molecule has 9 heteroatoms. The zero-order valence-corrected chi connectivity index (χ0v) is 21.0. The number of amides is 1. The van der Waals surface area contributed by atoms with Crippen LogP contribution in [0.4, 0.5) is 4.79 Å². The number of benzene rings is 1. The van der Waals surface area contributed by atoms with Gasteiger partial charge in [0.15, 0.2) is 5.65 Å². The Labute approximate surface area is 200 Å². The van der Waals surface area contributed by atoms with E-state index in [0.29, 0.717) is 42.9 Å². The molecule has 34 heavy (non-hydrogen) atoms. The fourth-order valence-corrected chi connectivity index (χ4v) is 3.80. The van der Waals surface area contributed by atoms with Gasteiger partial charge in [-0.25, -0.2) is 9.78 Å². The highest BCUT2D eigenvalue weighted by atomic mass is 16.6. The Morgan fingerprint density at radius 3 is 2.53 bits per heavy atom. The van der Waals surface area contributed by atoms with Crippen LogP contribution in [0.3, 0.4) is 0 Å². The lowest BCUT2D eigenvalue weighted by Gasteiger charge is -2.22. The molecule has 3 rings (SSSR count). The van der Waals surface area contributed by atoms with Gasteiger partial charge in [0.1, 0.15) is 16.8 Å². The Hall–Kier alpha value is -3.20. The van der Waals surface area contributed by atoms with Crippen molar-refractivity contribution in [3.05, 3.63) is 57.8 Å². The summed E-state index contributed by atoms with van der Waals surface area (Å²) in [5.74, 6) is 0.669. The highest BCUT2D eigenvalue weighted by molar-refractivity contribution is 5.76. The number of hydrogen-bond acceptors (Lipinski definition) is 6. The molecule has 0 fully saturated rings. The monoisotopic (exact) mass is 468 g/mol. The van der Waals surface area contributed by atoms with E-state index in [-0.39, 0.29) is 11.6 Å². The van der Waals surface area contributed by atoms with Gasteiger partial charge < -0.3 is 15.4 Å². The van der Waals surface area contributed by atoms with Crippen LogP contribution in [0, 0.1) is 6.92 Å². The molecule has 184 valence electrons. The molecule has 0 saturated carbocycles. The number of alkyl carbamates (subject to hydrolysis) is 1. The van der Waals surface area contributed by atoms with Gasteiger partial charge in [-0.15, -0.1) is 0 Å². The Morgan fingerprint density at radius 1 is 1.18 bits per heavy atom. The van der Waals surface area contributed by atoms with Crippen molar-refractivity contribution in [3.63, 3.8) is 0 Å². The van der Waals surface area contributed by atoms with Crippen LogP contribution in [0.1, 0.15) is 63.7 Å². The molecule has 0 aliphatic heterocycles. The maximum atomic E-state index is 13.6. The van der Waals surface area contributed by atoms with E-state index in [1.165, 1.54) is 0 Å². The van der Waals surface area contributed by atoms with Gasteiger partial charge in [0.05, 0.1) is 18.3 Å². The summed E-state index contributed by atoms with van der Waals surface area (Å²) >= 11 is 0. The van der Waals surface area contributed by atoms with Crippen molar-refractivity contribution < 1.29 is 9.53 Å². The molecule has 1 atom stereocenters. The summed E-state index contributed by atoms with van der Waals surface area (Å²) in [6.45, 7) is 11.0. The fourth-order valence-electron chi connectivity index (χ4n) is 3.80. The lowest BCUT2D eigenvalue weighted by atomic mass is 10.1. The molecule has 0 radical (unpaired) electrons. The minimum absolute atomic E-state index is 0.0821. The van der Waals surface area contributed by atoms with Crippen LogP contribution in [0.15, 0.2) is 35.1 Å². The third-order valence-corrected chi connectivity index (χ3v) is 5.59. The normalized spacial score (nSPS) is 12.6. The zero-order chi connectivity index (χ0) is 24.9. The number of nitrogens with one attached hydrogen (secondary N) is 2. The van der Waals surface area contributed by atoms with Crippen LogP contribution in [0.5, 0.6) is 0 Å². The smallest absolute Gasteiger partial charge is 0.407 e. The minimum atomic E-state index is -0.522. The van der Waals surface area contributed by atoms with E-state index in [9.17, 15) is 9.59 Å². The molecule has 2 N–H and O–H groups in total. The van der Waals surface area contributed by atoms with Crippen LogP contribution in [-0.2, 0) is 18.3 Å². The number of aromatic nitrogens is 4. The van der Waals surface area contributed by atoms with E-state index in [1.54, 1.807) is 9.25 Å². The van der Waals surface area contributed by atoms with E-state index < -0.39 is 11.7 Å². The van der Waals surface area contributed by atoms with Gasteiger partial charge in [-0.1, -0.05) is 37.3 Å². The molecule has 0 aliphatic rings. The van der Waals surface area contributed by atoms with E-state index in [0.717, 1.165) is 17.7 Å². The lowest BCUT2D eigenvalue weighted by molar-refractivity contribution is 0.0527. The summed E-state index contributed by atoms with van der Waals surface area (Å²) in [6.07, 6.45) is 1.04. The van der Waals surface area contributed by atoms with Crippen LogP contribution in [0.25, 0.3) is 11.0 Å². The van der Waals surface area contributed by atoms with Gasteiger partial charge in [0.2, 0.25) is 0 Å². The molecule has 2 heterocycles. The van der Waals surface area contributed by atoms with Gasteiger partial charge >= 0.3 is 6.09 Å². The average Bonchev–Trinajstić information content (AvgIpc) is 3.06. The molecule has 0 spiro atoms. The summed E-state index contributed by atoms with van der Waals surface area (Å²) in [5.41, 5.74) is 1.70. The van der Waals surface area contributed by atoms with Crippen molar-refractivity contribution in [1.82, 2.24) is 30.0 Å². The molecule has 1 aromatic carbocycles. The van der Waals surface area contributed by atoms with E-state index >= 15 is 0 Å². The molecule has 0 aliphatic carbocycles. The number of nitrogens with zero attached hydrogens (tertiary/aromatic N) is 4. The maximum Gasteiger partial charge on any atom is 0.407 e. The van der Waals surface area contributed by atoms with Gasteiger partial charge in [0.25, 0.3) is 5.56 Å². The molecular formula is C25H36N6O3. The maximum absolute atomic E-state index is 13.6. The van der Waals surface area contributed by atoms with Crippen LogP contribution in [0.2, 0.25) is 0 Å². The molecule has 1 amide bonds. The second-order valence-electron chi connectivity index (χ2n) is 9.45. The number of rotatable bonds is 9. The quantitative estimate of drug-likeness (QED) is 0.466. The highest BCUT2D eigenvalue weighted by Crippen LogP contribution is 2.19. The Kier molecular flexibility index (Phi) is 8.09. The summed E-state index contributed by atoms with van der Waals surface area (Å²) in [6, 6.07) is 9.77. The number of ether oxygens (including phenoxy) is 1. The minimum Gasteiger partial charge on any atom is -0.444 e. The highest BCUT2D eigenvalue weighted by Gasteiger charge is 2.22. The van der Waals surface area contributed by atoms with E-state index in [1.807, 2.05) is 65.1 Å². The van der Waals surface area contributed by atoms with Crippen molar-refractivity contribution >= 4 is 17.1 Å². The third kappa shape index (κ3) is 6.22. The first-order valence-electron chi connectivity index (χ1n) is 11.8. The Bertz CT molecular complexity index is 1180. The number of carbonyl (C=O) groups is 1. The van der Waals surface area contributed by atoms with Crippen molar-refractivity contribution in [2.24, 2.45) is 7.05 Å². The van der Waals surface area contributed by atoms with Crippen LogP contribution in [-0.4, -0.2) is 44.1 Å². The van der Waals surface area contributed by atoms with Gasteiger partial charge in [-0.2, -0.15) is 5.10 Å². The van der Waals surface area contributed by atoms with Crippen molar-refractivity contribution in [3.8, 4) is 0 Å².